The highest BCUT2D eigenvalue weighted by atomic mass is 16.1. The van der Waals surface area contributed by atoms with Crippen LogP contribution < -0.4 is 10.6 Å². The second kappa shape index (κ2) is 8.05. The van der Waals surface area contributed by atoms with Gasteiger partial charge in [0.05, 0.1) is 0 Å². The molecule has 0 unspecified atom stereocenters. The van der Waals surface area contributed by atoms with E-state index < -0.39 is 0 Å². The summed E-state index contributed by atoms with van der Waals surface area (Å²) in [5, 5.41) is 6.14. The Balaban J connectivity index is 1.81. The van der Waals surface area contributed by atoms with Gasteiger partial charge in [-0.3, -0.25) is 4.79 Å². The van der Waals surface area contributed by atoms with Crippen LogP contribution >= 0.6 is 0 Å². The van der Waals surface area contributed by atoms with Crippen LogP contribution in [0, 0.1) is 5.92 Å². The van der Waals surface area contributed by atoms with Crippen LogP contribution in [0.5, 0.6) is 0 Å². The molecule has 3 nitrogen and oxygen atoms in total. The Labute approximate surface area is 122 Å². The number of nitrogens with one attached hydrogen (secondary N) is 2. The van der Waals surface area contributed by atoms with Crippen molar-refractivity contribution in [2.45, 2.75) is 51.5 Å². The first-order valence-corrected chi connectivity index (χ1v) is 7.81. The van der Waals surface area contributed by atoms with Gasteiger partial charge in [0.1, 0.15) is 0 Å². The summed E-state index contributed by atoms with van der Waals surface area (Å²) < 4.78 is 0. The minimum Gasteiger partial charge on any atom is -0.326 e. The van der Waals surface area contributed by atoms with E-state index >= 15 is 0 Å². The lowest BCUT2D eigenvalue weighted by Gasteiger charge is -2.13. The fraction of sp³-hybridized carbons (Fsp3) is 0.588. The second-order valence-corrected chi connectivity index (χ2v) is 5.84. The van der Waals surface area contributed by atoms with E-state index in [0.717, 1.165) is 12.2 Å². The number of hydrogen-bond donors (Lipinski definition) is 2. The third-order valence-corrected chi connectivity index (χ3v) is 4.07. The van der Waals surface area contributed by atoms with Gasteiger partial charge in [-0.15, -0.1) is 0 Å². The summed E-state index contributed by atoms with van der Waals surface area (Å²) in [5.74, 6) is 0.749. The summed E-state index contributed by atoms with van der Waals surface area (Å²) in [6.45, 7) is 0.857. The maximum atomic E-state index is 12.1. The van der Waals surface area contributed by atoms with Gasteiger partial charge < -0.3 is 10.6 Å². The second-order valence-electron chi connectivity index (χ2n) is 5.84. The van der Waals surface area contributed by atoms with Gasteiger partial charge in [0.25, 0.3) is 0 Å². The quantitative estimate of drug-likeness (QED) is 0.804. The van der Waals surface area contributed by atoms with Crippen molar-refractivity contribution in [3.05, 3.63) is 29.8 Å². The van der Waals surface area contributed by atoms with E-state index in [0.29, 0.717) is 12.3 Å². The van der Waals surface area contributed by atoms with Gasteiger partial charge in [-0.1, -0.05) is 37.8 Å². The molecule has 0 aromatic heterocycles. The molecule has 2 rings (SSSR count). The number of benzene rings is 1. The van der Waals surface area contributed by atoms with Gasteiger partial charge in [-0.25, -0.2) is 0 Å². The van der Waals surface area contributed by atoms with Gasteiger partial charge in [-0.2, -0.15) is 0 Å². The molecule has 1 amide bonds. The van der Waals surface area contributed by atoms with E-state index in [4.69, 9.17) is 0 Å². The SMILES string of the molecule is CNCc1ccc(NC(=O)CC2CCCCCC2)cc1. The predicted octanol–water partition coefficient (Wildman–Crippen LogP) is 3.71. The Morgan fingerprint density at radius 3 is 2.35 bits per heavy atom. The number of rotatable bonds is 5. The number of hydrogen-bond acceptors (Lipinski definition) is 2. The van der Waals surface area contributed by atoms with Gasteiger partial charge in [-0.05, 0) is 43.5 Å². The summed E-state index contributed by atoms with van der Waals surface area (Å²) in [6.07, 6.45) is 8.37. The Morgan fingerprint density at radius 1 is 1.10 bits per heavy atom. The molecule has 0 saturated heterocycles. The van der Waals surface area contributed by atoms with Crippen LogP contribution in [0.1, 0.15) is 50.5 Å². The van der Waals surface area contributed by atoms with Crippen molar-refractivity contribution in [1.29, 1.82) is 0 Å². The van der Waals surface area contributed by atoms with E-state index in [1.807, 2.05) is 19.2 Å². The third kappa shape index (κ3) is 4.97. The molecule has 1 aromatic carbocycles. The molecule has 1 aromatic rings. The Kier molecular flexibility index (Phi) is 6.06. The topological polar surface area (TPSA) is 41.1 Å². The van der Waals surface area contributed by atoms with Gasteiger partial charge in [0.2, 0.25) is 5.91 Å². The van der Waals surface area contributed by atoms with Crippen LogP contribution in [-0.4, -0.2) is 13.0 Å². The summed E-state index contributed by atoms with van der Waals surface area (Å²) in [4.78, 5) is 12.1. The molecule has 20 heavy (non-hydrogen) atoms. The Bertz CT molecular complexity index is 406. The van der Waals surface area contributed by atoms with Crippen LogP contribution in [0.15, 0.2) is 24.3 Å². The molecular formula is C17H26N2O. The first-order chi connectivity index (χ1) is 9.78. The predicted molar refractivity (Wildman–Crippen MR) is 83.6 cm³/mol. The zero-order valence-electron chi connectivity index (χ0n) is 12.5. The Morgan fingerprint density at radius 2 is 1.75 bits per heavy atom. The first-order valence-electron chi connectivity index (χ1n) is 7.81. The molecule has 3 heteroatoms. The fourth-order valence-electron chi connectivity index (χ4n) is 2.95. The van der Waals surface area contributed by atoms with E-state index in [1.54, 1.807) is 0 Å². The van der Waals surface area contributed by atoms with Crippen molar-refractivity contribution in [3.8, 4) is 0 Å². The molecule has 1 saturated carbocycles. The highest BCUT2D eigenvalue weighted by Gasteiger charge is 2.16. The summed E-state index contributed by atoms with van der Waals surface area (Å²) in [7, 11) is 1.93. The van der Waals surface area contributed by atoms with Crippen LogP contribution in [-0.2, 0) is 11.3 Å². The maximum absolute atomic E-state index is 12.1. The lowest BCUT2D eigenvalue weighted by Crippen LogP contribution is -2.16. The van der Waals surface area contributed by atoms with Crippen LogP contribution in [0.25, 0.3) is 0 Å². The van der Waals surface area contributed by atoms with Crippen LogP contribution in [0.4, 0.5) is 5.69 Å². The van der Waals surface area contributed by atoms with Crippen molar-refractivity contribution in [2.24, 2.45) is 5.92 Å². The van der Waals surface area contributed by atoms with Crippen molar-refractivity contribution in [3.63, 3.8) is 0 Å². The van der Waals surface area contributed by atoms with Crippen molar-refractivity contribution < 1.29 is 4.79 Å². The van der Waals surface area contributed by atoms with Gasteiger partial charge >= 0.3 is 0 Å². The van der Waals surface area contributed by atoms with Crippen molar-refractivity contribution in [1.82, 2.24) is 5.32 Å². The minimum absolute atomic E-state index is 0.165. The van der Waals surface area contributed by atoms with E-state index in [2.05, 4.69) is 22.8 Å². The fourth-order valence-corrected chi connectivity index (χ4v) is 2.95. The van der Waals surface area contributed by atoms with Gasteiger partial charge in [0, 0.05) is 18.7 Å². The first kappa shape index (κ1) is 15.0. The van der Waals surface area contributed by atoms with Crippen LogP contribution in [0.2, 0.25) is 0 Å². The molecule has 110 valence electrons. The Hall–Kier alpha value is -1.35. The van der Waals surface area contributed by atoms with Gasteiger partial charge in [0.15, 0.2) is 0 Å². The molecule has 1 aliphatic carbocycles. The average molecular weight is 274 g/mol. The number of amides is 1. The highest BCUT2D eigenvalue weighted by molar-refractivity contribution is 5.90. The van der Waals surface area contributed by atoms with E-state index in [-0.39, 0.29) is 5.91 Å². The lowest BCUT2D eigenvalue weighted by atomic mass is 9.96. The van der Waals surface area contributed by atoms with Crippen molar-refractivity contribution in [2.75, 3.05) is 12.4 Å². The largest absolute Gasteiger partial charge is 0.326 e. The molecule has 1 fully saturated rings. The molecule has 0 bridgehead atoms. The normalized spacial score (nSPS) is 16.6. The average Bonchev–Trinajstić information content (AvgIpc) is 2.70. The maximum Gasteiger partial charge on any atom is 0.224 e. The third-order valence-electron chi connectivity index (χ3n) is 4.07. The molecule has 2 N–H and O–H groups in total. The number of anilines is 1. The molecule has 0 radical (unpaired) electrons. The molecule has 0 heterocycles. The number of carbonyl (C=O) groups excluding carboxylic acids is 1. The number of carbonyl (C=O) groups is 1. The van der Waals surface area contributed by atoms with Crippen LogP contribution in [0.3, 0.4) is 0 Å². The molecular weight excluding hydrogens is 248 g/mol. The summed E-state index contributed by atoms with van der Waals surface area (Å²) >= 11 is 0. The summed E-state index contributed by atoms with van der Waals surface area (Å²) in [5.41, 5.74) is 2.14. The molecule has 0 spiro atoms. The van der Waals surface area contributed by atoms with E-state index in [9.17, 15) is 4.79 Å². The van der Waals surface area contributed by atoms with Crippen molar-refractivity contribution >= 4 is 11.6 Å². The van der Waals surface area contributed by atoms with E-state index in [1.165, 1.54) is 44.1 Å². The smallest absolute Gasteiger partial charge is 0.224 e. The minimum atomic E-state index is 0.165. The zero-order chi connectivity index (χ0) is 14.2. The molecule has 0 aliphatic heterocycles. The molecule has 1 aliphatic rings. The lowest BCUT2D eigenvalue weighted by molar-refractivity contribution is -0.117. The monoisotopic (exact) mass is 274 g/mol. The standard InChI is InChI=1S/C17H26N2O/c1-18-13-15-8-10-16(11-9-15)19-17(20)12-14-6-4-2-3-5-7-14/h8-11,14,18H,2-7,12-13H2,1H3,(H,19,20). The zero-order valence-corrected chi connectivity index (χ0v) is 12.5. The molecule has 0 atom stereocenters. The summed E-state index contributed by atoms with van der Waals surface area (Å²) in [6, 6.07) is 8.07. The highest BCUT2D eigenvalue weighted by Crippen LogP contribution is 2.25.